The molecule has 0 spiro atoms. The number of carboxylic acids is 1. The number of rotatable bonds is 3. The maximum absolute atomic E-state index is 13.0. The third kappa shape index (κ3) is 2.48. The molecule has 1 heterocycles. The smallest absolute Gasteiger partial charge is 0.336 e. The van der Waals surface area contributed by atoms with Gasteiger partial charge < -0.3 is 9.84 Å². The van der Waals surface area contributed by atoms with E-state index in [1.807, 2.05) is 0 Å². The van der Waals surface area contributed by atoms with Crippen molar-refractivity contribution in [2.45, 2.75) is 0 Å². The number of fused-ring (bicyclic) bond motifs is 1. The van der Waals surface area contributed by atoms with Gasteiger partial charge in [0.2, 0.25) is 0 Å². The van der Waals surface area contributed by atoms with Gasteiger partial charge in [-0.15, -0.1) is 0 Å². The summed E-state index contributed by atoms with van der Waals surface area (Å²) in [6.07, 6.45) is 0. The molecule has 3 aromatic rings. The molecule has 0 atom stereocenters. The lowest BCUT2D eigenvalue weighted by atomic mass is 10.0. The Hall–Kier alpha value is -2.95. The third-order valence-electron chi connectivity index (χ3n) is 3.39. The number of benzene rings is 2. The van der Waals surface area contributed by atoms with E-state index in [4.69, 9.17) is 4.74 Å². The van der Waals surface area contributed by atoms with E-state index in [1.165, 1.54) is 25.3 Å². The minimum atomic E-state index is -1.05. The summed E-state index contributed by atoms with van der Waals surface area (Å²) >= 11 is 0. The molecule has 3 rings (SSSR count). The van der Waals surface area contributed by atoms with Crippen LogP contribution < -0.4 is 4.74 Å². The second-order valence-corrected chi connectivity index (χ2v) is 4.75. The summed E-state index contributed by atoms with van der Waals surface area (Å²) in [5.41, 5.74) is 1.81. The minimum absolute atomic E-state index is 0.128. The van der Waals surface area contributed by atoms with Gasteiger partial charge in [0.25, 0.3) is 0 Å². The monoisotopic (exact) mass is 297 g/mol. The lowest BCUT2D eigenvalue weighted by Gasteiger charge is -2.08. The number of hydrogen-bond donors (Lipinski definition) is 1. The van der Waals surface area contributed by atoms with Crippen LogP contribution in [0.5, 0.6) is 5.75 Å². The molecule has 22 heavy (non-hydrogen) atoms. The number of methoxy groups -OCH3 is 1. The summed E-state index contributed by atoms with van der Waals surface area (Å²) in [4.78, 5) is 16.0. The van der Waals surface area contributed by atoms with Crippen LogP contribution in [0.25, 0.3) is 22.2 Å². The van der Waals surface area contributed by atoms with Gasteiger partial charge in [-0.05, 0) is 48.5 Å². The molecular formula is C17H12FNO3. The van der Waals surface area contributed by atoms with Gasteiger partial charge in [-0.25, -0.2) is 14.2 Å². The average Bonchev–Trinajstić information content (AvgIpc) is 2.53. The number of ether oxygens (including phenoxy) is 1. The Balaban J connectivity index is 2.25. The lowest BCUT2D eigenvalue weighted by molar-refractivity contribution is 0.0699. The van der Waals surface area contributed by atoms with Gasteiger partial charge in [0.15, 0.2) is 0 Å². The number of nitrogens with zero attached hydrogens (tertiary/aromatic N) is 1. The van der Waals surface area contributed by atoms with Gasteiger partial charge in [0, 0.05) is 10.9 Å². The number of halogens is 1. The molecule has 0 saturated heterocycles. The summed E-state index contributed by atoms with van der Waals surface area (Å²) in [5, 5.41) is 9.93. The number of carboxylic acid groups (broad SMARTS) is 1. The van der Waals surface area contributed by atoms with Gasteiger partial charge >= 0.3 is 5.97 Å². The summed E-state index contributed by atoms with van der Waals surface area (Å²) in [6, 6.07) is 12.3. The molecule has 5 heteroatoms. The van der Waals surface area contributed by atoms with Crippen molar-refractivity contribution in [1.29, 1.82) is 0 Å². The predicted octanol–water partition coefficient (Wildman–Crippen LogP) is 3.75. The van der Waals surface area contributed by atoms with Crippen LogP contribution in [0, 0.1) is 5.82 Å². The molecule has 2 aromatic carbocycles. The first-order chi connectivity index (χ1) is 10.6. The van der Waals surface area contributed by atoms with Gasteiger partial charge in [0.05, 0.1) is 23.9 Å². The molecule has 0 saturated carbocycles. The number of pyridine rings is 1. The molecule has 0 aliphatic heterocycles. The molecule has 0 aliphatic rings. The van der Waals surface area contributed by atoms with Crippen LogP contribution in [0.3, 0.4) is 0 Å². The minimum Gasteiger partial charge on any atom is -0.497 e. The Morgan fingerprint density at radius 2 is 1.86 bits per heavy atom. The zero-order valence-electron chi connectivity index (χ0n) is 11.7. The summed E-state index contributed by atoms with van der Waals surface area (Å²) in [5.74, 6) is -0.844. The fraction of sp³-hybridized carbons (Fsp3) is 0.0588. The number of carbonyl (C=O) groups is 1. The Labute approximate surface area is 125 Å². The highest BCUT2D eigenvalue weighted by atomic mass is 19.1. The Bertz CT molecular complexity index is 860. The van der Waals surface area contributed by atoms with E-state index in [-0.39, 0.29) is 11.4 Å². The maximum Gasteiger partial charge on any atom is 0.336 e. The number of aromatic nitrogens is 1. The van der Waals surface area contributed by atoms with E-state index in [0.29, 0.717) is 27.9 Å². The zero-order valence-corrected chi connectivity index (χ0v) is 11.7. The predicted molar refractivity (Wildman–Crippen MR) is 80.6 cm³/mol. The van der Waals surface area contributed by atoms with E-state index in [1.54, 1.807) is 30.3 Å². The topological polar surface area (TPSA) is 59.4 Å². The molecule has 1 N–H and O–H groups in total. The van der Waals surface area contributed by atoms with Gasteiger partial charge in [-0.3, -0.25) is 0 Å². The summed E-state index contributed by atoms with van der Waals surface area (Å²) < 4.78 is 18.1. The van der Waals surface area contributed by atoms with Crippen LogP contribution in [-0.2, 0) is 0 Å². The molecule has 4 nitrogen and oxygen atoms in total. The van der Waals surface area contributed by atoms with Gasteiger partial charge in [-0.1, -0.05) is 0 Å². The van der Waals surface area contributed by atoms with E-state index in [9.17, 15) is 14.3 Å². The fourth-order valence-electron chi connectivity index (χ4n) is 2.28. The molecule has 0 amide bonds. The molecule has 0 bridgehead atoms. The first-order valence-corrected chi connectivity index (χ1v) is 6.56. The summed E-state index contributed by atoms with van der Waals surface area (Å²) in [7, 11) is 1.52. The Kier molecular flexibility index (Phi) is 3.47. The molecule has 0 unspecified atom stereocenters. The van der Waals surface area contributed by atoms with Crippen molar-refractivity contribution < 1.29 is 19.0 Å². The first kappa shape index (κ1) is 14.0. The van der Waals surface area contributed by atoms with Crippen LogP contribution >= 0.6 is 0 Å². The quantitative estimate of drug-likeness (QED) is 0.800. The highest BCUT2D eigenvalue weighted by molar-refractivity contribution is 6.04. The molecule has 0 fully saturated rings. The molecule has 0 radical (unpaired) electrons. The van der Waals surface area contributed by atoms with E-state index >= 15 is 0 Å². The number of hydrogen-bond acceptors (Lipinski definition) is 3. The SMILES string of the molecule is COc1ccc2nc(-c3ccc(F)cc3)cc(C(=O)O)c2c1. The highest BCUT2D eigenvalue weighted by Crippen LogP contribution is 2.27. The average molecular weight is 297 g/mol. The van der Waals surface area contributed by atoms with Crippen molar-refractivity contribution in [1.82, 2.24) is 4.98 Å². The van der Waals surface area contributed by atoms with Gasteiger partial charge in [0.1, 0.15) is 11.6 Å². The largest absolute Gasteiger partial charge is 0.497 e. The van der Waals surface area contributed by atoms with Crippen molar-refractivity contribution >= 4 is 16.9 Å². The van der Waals surface area contributed by atoms with Crippen LogP contribution in [0.4, 0.5) is 4.39 Å². The highest BCUT2D eigenvalue weighted by Gasteiger charge is 2.13. The van der Waals surface area contributed by atoms with Crippen molar-refractivity contribution in [2.75, 3.05) is 7.11 Å². The van der Waals surface area contributed by atoms with Crippen LogP contribution in [0.1, 0.15) is 10.4 Å². The number of aromatic carboxylic acids is 1. The molecular weight excluding hydrogens is 285 g/mol. The Morgan fingerprint density at radius 1 is 1.14 bits per heavy atom. The molecule has 110 valence electrons. The van der Waals surface area contributed by atoms with Crippen molar-refractivity contribution in [3.63, 3.8) is 0 Å². The standard InChI is InChI=1S/C17H12FNO3/c1-22-12-6-7-15-13(8-12)14(17(20)21)9-16(19-15)10-2-4-11(18)5-3-10/h2-9H,1H3,(H,20,21). The molecule has 0 aliphatic carbocycles. The fourth-order valence-corrected chi connectivity index (χ4v) is 2.28. The second kappa shape index (κ2) is 5.44. The normalized spacial score (nSPS) is 10.6. The lowest BCUT2D eigenvalue weighted by Crippen LogP contribution is -2.00. The van der Waals surface area contributed by atoms with E-state index in [2.05, 4.69) is 4.98 Å². The van der Waals surface area contributed by atoms with Crippen molar-refractivity contribution in [3.05, 3.63) is 59.9 Å². The zero-order chi connectivity index (χ0) is 15.7. The van der Waals surface area contributed by atoms with E-state index in [0.717, 1.165) is 0 Å². The van der Waals surface area contributed by atoms with Crippen LogP contribution in [-0.4, -0.2) is 23.2 Å². The third-order valence-corrected chi connectivity index (χ3v) is 3.39. The van der Waals surface area contributed by atoms with Crippen molar-refractivity contribution in [3.8, 4) is 17.0 Å². The van der Waals surface area contributed by atoms with Crippen LogP contribution in [0.2, 0.25) is 0 Å². The Morgan fingerprint density at radius 3 is 2.50 bits per heavy atom. The first-order valence-electron chi connectivity index (χ1n) is 6.56. The summed E-state index contributed by atoms with van der Waals surface area (Å²) in [6.45, 7) is 0. The van der Waals surface area contributed by atoms with E-state index < -0.39 is 5.97 Å². The molecule has 1 aromatic heterocycles. The van der Waals surface area contributed by atoms with Gasteiger partial charge in [-0.2, -0.15) is 0 Å². The van der Waals surface area contributed by atoms with Crippen LogP contribution in [0.15, 0.2) is 48.5 Å². The van der Waals surface area contributed by atoms with Crippen molar-refractivity contribution in [2.24, 2.45) is 0 Å². The maximum atomic E-state index is 13.0. The second-order valence-electron chi connectivity index (χ2n) is 4.75.